The van der Waals surface area contributed by atoms with Gasteiger partial charge in [-0.1, -0.05) is 27.7 Å². The number of halogens is 2. The Hall–Kier alpha value is -0.0300. The van der Waals surface area contributed by atoms with Gasteiger partial charge in [-0.2, -0.15) is 0 Å². The number of carbonyl (C=O) groups is 1. The van der Waals surface area contributed by atoms with E-state index in [0.717, 1.165) is 32.0 Å². The smallest absolute Gasteiger partial charge is 0.240 e. The highest BCUT2D eigenvalue weighted by atomic mass is 35.5. The monoisotopic (exact) mass is 381 g/mol. The van der Waals surface area contributed by atoms with Gasteiger partial charge < -0.3 is 15.5 Å². The zero-order valence-electron chi connectivity index (χ0n) is 15.8. The van der Waals surface area contributed by atoms with E-state index in [1.165, 1.54) is 32.4 Å². The summed E-state index contributed by atoms with van der Waals surface area (Å²) in [5, 5.41) is 0. The second-order valence-corrected chi connectivity index (χ2v) is 8.62. The van der Waals surface area contributed by atoms with Gasteiger partial charge in [0, 0.05) is 19.6 Å². The zero-order valence-corrected chi connectivity index (χ0v) is 17.4. The summed E-state index contributed by atoms with van der Waals surface area (Å²) in [6, 6.07) is -0.387. The molecule has 2 atom stereocenters. The highest BCUT2D eigenvalue weighted by Crippen LogP contribution is 2.24. The van der Waals surface area contributed by atoms with Crippen molar-refractivity contribution < 1.29 is 4.79 Å². The van der Waals surface area contributed by atoms with Gasteiger partial charge >= 0.3 is 0 Å². The molecule has 0 spiro atoms. The van der Waals surface area contributed by atoms with Crippen LogP contribution in [0.1, 0.15) is 53.4 Å². The summed E-state index contributed by atoms with van der Waals surface area (Å²) >= 11 is 0. The van der Waals surface area contributed by atoms with E-state index in [-0.39, 0.29) is 42.2 Å². The minimum atomic E-state index is -0.387. The Labute approximate surface area is 160 Å². The maximum Gasteiger partial charge on any atom is 0.240 e. The van der Waals surface area contributed by atoms with Crippen molar-refractivity contribution in [3.05, 3.63) is 0 Å². The number of nitrogens with zero attached hydrogens (tertiary/aromatic N) is 2. The van der Waals surface area contributed by atoms with Crippen LogP contribution in [0.3, 0.4) is 0 Å². The molecule has 0 aliphatic carbocycles. The Kier molecular flexibility index (Phi) is 10.2. The number of likely N-dealkylation sites (tertiary alicyclic amines) is 2. The largest absolute Gasteiger partial charge is 0.341 e. The van der Waals surface area contributed by atoms with Gasteiger partial charge in [0.15, 0.2) is 0 Å². The van der Waals surface area contributed by atoms with Crippen molar-refractivity contribution in [3.8, 4) is 0 Å². The van der Waals surface area contributed by atoms with Gasteiger partial charge in [-0.3, -0.25) is 4.79 Å². The van der Waals surface area contributed by atoms with Crippen LogP contribution < -0.4 is 5.73 Å². The molecule has 4 nitrogen and oxygen atoms in total. The maximum absolute atomic E-state index is 12.6. The summed E-state index contributed by atoms with van der Waals surface area (Å²) in [5.41, 5.74) is 6.01. The second-order valence-electron chi connectivity index (χ2n) is 8.62. The predicted octanol–water partition coefficient (Wildman–Crippen LogP) is 3.17. The first-order valence-corrected chi connectivity index (χ1v) is 9.04. The molecular weight excluding hydrogens is 345 g/mol. The first kappa shape index (κ1) is 24.0. The van der Waals surface area contributed by atoms with E-state index in [0.29, 0.717) is 5.92 Å². The van der Waals surface area contributed by atoms with Crippen LogP contribution in [-0.2, 0) is 4.79 Å². The molecule has 2 heterocycles. The average molecular weight is 382 g/mol. The molecule has 1 amide bonds. The molecule has 0 aromatic rings. The number of piperidine rings is 2. The van der Waals surface area contributed by atoms with E-state index in [2.05, 4.69) is 11.8 Å². The van der Waals surface area contributed by atoms with Crippen molar-refractivity contribution in [2.75, 3.05) is 32.7 Å². The van der Waals surface area contributed by atoms with Crippen LogP contribution in [0, 0.1) is 17.3 Å². The normalized spacial score (nSPS) is 24.7. The predicted molar refractivity (Wildman–Crippen MR) is 106 cm³/mol. The molecule has 0 aromatic carbocycles. The van der Waals surface area contributed by atoms with Crippen LogP contribution in [-0.4, -0.2) is 54.5 Å². The lowest BCUT2D eigenvalue weighted by Crippen LogP contribution is -2.54. The first-order valence-electron chi connectivity index (χ1n) is 9.04. The molecule has 24 heavy (non-hydrogen) atoms. The number of nitrogens with two attached hydrogens (primary N) is 1. The van der Waals surface area contributed by atoms with Crippen LogP contribution in [0.25, 0.3) is 0 Å². The van der Waals surface area contributed by atoms with Crippen molar-refractivity contribution in [1.29, 1.82) is 0 Å². The first-order chi connectivity index (χ1) is 10.3. The summed E-state index contributed by atoms with van der Waals surface area (Å²) in [7, 11) is 0. The molecule has 144 valence electrons. The topological polar surface area (TPSA) is 49.6 Å². The Bertz CT molecular complexity index is 379. The number of amides is 1. The second kappa shape index (κ2) is 10.2. The summed E-state index contributed by atoms with van der Waals surface area (Å²) in [5.74, 6) is 1.65. The summed E-state index contributed by atoms with van der Waals surface area (Å²) in [6.07, 6.45) is 5.02. The fourth-order valence-electron chi connectivity index (χ4n) is 3.59. The highest BCUT2D eigenvalue weighted by Gasteiger charge is 2.33. The van der Waals surface area contributed by atoms with Crippen molar-refractivity contribution in [1.82, 2.24) is 9.80 Å². The molecule has 0 radical (unpaired) electrons. The minimum Gasteiger partial charge on any atom is -0.341 e. The van der Waals surface area contributed by atoms with Crippen molar-refractivity contribution in [2.45, 2.75) is 59.4 Å². The van der Waals surface area contributed by atoms with Crippen LogP contribution in [0.2, 0.25) is 0 Å². The summed E-state index contributed by atoms with van der Waals surface area (Å²) < 4.78 is 0. The van der Waals surface area contributed by atoms with E-state index < -0.39 is 0 Å². The van der Waals surface area contributed by atoms with Crippen LogP contribution >= 0.6 is 24.8 Å². The lowest BCUT2D eigenvalue weighted by Gasteiger charge is -2.40. The van der Waals surface area contributed by atoms with Crippen molar-refractivity contribution in [3.63, 3.8) is 0 Å². The molecule has 2 aliphatic heterocycles. The zero-order chi connectivity index (χ0) is 16.3. The van der Waals surface area contributed by atoms with E-state index in [1.807, 2.05) is 25.7 Å². The van der Waals surface area contributed by atoms with E-state index in [1.54, 1.807) is 0 Å². The molecule has 2 fully saturated rings. The molecule has 6 heteroatoms. The Balaban J connectivity index is 0.00000264. The van der Waals surface area contributed by atoms with Crippen LogP contribution in [0.4, 0.5) is 0 Å². The molecule has 0 aromatic heterocycles. The SMILES string of the molecule is CC1CCN(CC2CCCN(C(=O)[C@@H](N)C(C)(C)C)C2)CC1.Cl.Cl. The molecule has 1 unspecified atom stereocenters. The minimum absolute atomic E-state index is 0. The Morgan fingerprint density at radius 1 is 1.12 bits per heavy atom. The number of rotatable bonds is 3. The van der Waals surface area contributed by atoms with Crippen LogP contribution in [0.15, 0.2) is 0 Å². The number of carbonyl (C=O) groups excluding carboxylic acids is 1. The molecule has 2 N–H and O–H groups in total. The average Bonchev–Trinajstić information content (AvgIpc) is 2.47. The quantitative estimate of drug-likeness (QED) is 0.816. The summed E-state index contributed by atoms with van der Waals surface area (Å²) in [4.78, 5) is 17.2. The van der Waals surface area contributed by atoms with Crippen LogP contribution in [0.5, 0.6) is 0 Å². The van der Waals surface area contributed by atoms with Gasteiger partial charge in [-0.25, -0.2) is 0 Å². The van der Waals surface area contributed by atoms with Gasteiger partial charge in [0.2, 0.25) is 5.91 Å². The Morgan fingerprint density at radius 2 is 1.71 bits per heavy atom. The molecular formula is C18H37Cl2N3O. The third-order valence-electron chi connectivity index (χ3n) is 5.42. The number of hydrogen-bond donors (Lipinski definition) is 1. The highest BCUT2D eigenvalue weighted by molar-refractivity contribution is 5.85. The third-order valence-corrected chi connectivity index (χ3v) is 5.42. The molecule has 2 saturated heterocycles. The van der Waals surface area contributed by atoms with Gasteiger partial charge in [-0.15, -0.1) is 24.8 Å². The lowest BCUT2D eigenvalue weighted by molar-refractivity contribution is -0.137. The number of hydrogen-bond acceptors (Lipinski definition) is 3. The summed E-state index contributed by atoms with van der Waals surface area (Å²) in [6.45, 7) is 13.9. The molecule has 2 aliphatic rings. The molecule has 0 bridgehead atoms. The van der Waals surface area contributed by atoms with E-state index in [9.17, 15) is 4.79 Å². The fraction of sp³-hybridized carbons (Fsp3) is 0.944. The van der Waals surface area contributed by atoms with Crippen molar-refractivity contribution in [2.24, 2.45) is 23.0 Å². The van der Waals surface area contributed by atoms with Gasteiger partial charge in [0.05, 0.1) is 6.04 Å². The molecule has 0 saturated carbocycles. The maximum atomic E-state index is 12.6. The third kappa shape index (κ3) is 6.70. The van der Waals surface area contributed by atoms with Crippen molar-refractivity contribution >= 4 is 30.7 Å². The van der Waals surface area contributed by atoms with E-state index in [4.69, 9.17) is 5.73 Å². The van der Waals surface area contributed by atoms with Gasteiger partial charge in [0.1, 0.15) is 0 Å². The van der Waals surface area contributed by atoms with Gasteiger partial charge in [-0.05, 0) is 56.0 Å². The van der Waals surface area contributed by atoms with E-state index >= 15 is 0 Å². The lowest BCUT2D eigenvalue weighted by atomic mass is 9.85. The van der Waals surface area contributed by atoms with Gasteiger partial charge in [0.25, 0.3) is 0 Å². The Morgan fingerprint density at radius 3 is 2.25 bits per heavy atom. The molecule has 2 rings (SSSR count). The fourth-order valence-corrected chi connectivity index (χ4v) is 3.59. The standard InChI is InChI=1S/C18H35N3O.2ClH/c1-14-7-10-20(11-8-14)12-15-6-5-9-21(13-15)17(22)16(19)18(2,3)4;;/h14-16H,5-13,19H2,1-4H3;2*1H/t15?,16-;;/m1../s1.